The van der Waals surface area contributed by atoms with Crippen LogP contribution in [0, 0.1) is 5.92 Å². The van der Waals surface area contributed by atoms with Crippen molar-refractivity contribution in [3.63, 3.8) is 0 Å². The molecular weight excluding hydrogens is 156 g/mol. The van der Waals surface area contributed by atoms with E-state index < -0.39 is 0 Å². The summed E-state index contributed by atoms with van der Waals surface area (Å²) in [6.45, 7) is 0. The Hall–Kier alpha value is 0.0300. The zero-order chi connectivity index (χ0) is 7.68. The van der Waals surface area contributed by atoms with Crippen LogP contribution in [0.3, 0.4) is 0 Å². The Morgan fingerprint density at radius 1 is 1.18 bits per heavy atom. The van der Waals surface area contributed by atoms with Gasteiger partial charge in [0.1, 0.15) is 0 Å². The van der Waals surface area contributed by atoms with Crippen molar-refractivity contribution >= 4 is 11.6 Å². The van der Waals surface area contributed by atoms with Crippen LogP contribution in [0.4, 0.5) is 0 Å². The molecule has 0 aromatic heterocycles. The summed E-state index contributed by atoms with van der Waals surface area (Å²) in [7, 11) is 0. The van der Waals surface area contributed by atoms with E-state index in [1.165, 1.54) is 38.5 Å². The van der Waals surface area contributed by atoms with E-state index in [2.05, 4.69) is 6.08 Å². The molecule has 0 heterocycles. The molecule has 11 heavy (non-hydrogen) atoms. The van der Waals surface area contributed by atoms with Gasteiger partial charge < -0.3 is 0 Å². The average Bonchev–Trinajstić information content (AvgIpc) is 2.71. The molecule has 62 valence electrons. The average molecular weight is 171 g/mol. The van der Waals surface area contributed by atoms with E-state index in [0.29, 0.717) is 5.38 Å². The second-order valence-corrected chi connectivity index (χ2v) is 4.34. The van der Waals surface area contributed by atoms with Gasteiger partial charge in [0.05, 0.1) is 5.38 Å². The molecule has 0 spiro atoms. The van der Waals surface area contributed by atoms with Crippen LogP contribution in [0.25, 0.3) is 0 Å². The zero-order valence-electron chi connectivity index (χ0n) is 6.85. The first-order valence-electron chi connectivity index (χ1n) is 4.71. The minimum Gasteiger partial charge on any atom is -0.118 e. The predicted molar refractivity (Wildman–Crippen MR) is 48.9 cm³/mol. The molecule has 0 nitrogen and oxygen atoms in total. The number of halogens is 1. The highest BCUT2D eigenvalue weighted by atomic mass is 35.5. The minimum atomic E-state index is 0.341. The number of rotatable bonds is 1. The Labute approximate surface area is 73.6 Å². The lowest BCUT2D eigenvalue weighted by Gasteiger charge is -2.01. The molecule has 1 fully saturated rings. The van der Waals surface area contributed by atoms with Crippen LogP contribution in [0.5, 0.6) is 0 Å². The summed E-state index contributed by atoms with van der Waals surface area (Å²) in [5.41, 5.74) is 1.67. The Kier molecular flexibility index (Phi) is 2.22. The maximum Gasteiger partial charge on any atom is 0.0518 e. The molecule has 0 saturated heterocycles. The van der Waals surface area contributed by atoms with Crippen molar-refractivity contribution in [1.82, 2.24) is 0 Å². The third-order valence-corrected chi connectivity index (χ3v) is 3.04. The summed E-state index contributed by atoms with van der Waals surface area (Å²) in [6.07, 6.45) is 10.4. The van der Waals surface area contributed by atoms with Crippen molar-refractivity contribution in [2.45, 2.75) is 43.9 Å². The first-order chi connectivity index (χ1) is 5.36. The first kappa shape index (κ1) is 7.67. The summed E-state index contributed by atoms with van der Waals surface area (Å²) in [5.74, 6) is 0.939. The van der Waals surface area contributed by atoms with Gasteiger partial charge in [-0.25, -0.2) is 0 Å². The van der Waals surface area contributed by atoms with Crippen molar-refractivity contribution in [3.8, 4) is 0 Å². The Morgan fingerprint density at radius 3 is 2.73 bits per heavy atom. The van der Waals surface area contributed by atoms with Crippen LogP contribution in [-0.2, 0) is 0 Å². The molecule has 0 amide bonds. The molecule has 0 bridgehead atoms. The smallest absolute Gasteiger partial charge is 0.0518 e. The molecule has 0 aromatic rings. The van der Waals surface area contributed by atoms with Crippen molar-refractivity contribution in [2.75, 3.05) is 0 Å². The summed E-state index contributed by atoms with van der Waals surface area (Å²) in [6, 6.07) is 0. The van der Waals surface area contributed by atoms with E-state index in [9.17, 15) is 0 Å². The van der Waals surface area contributed by atoms with Crippen LogP contribution in [0.1, 0.15) is 38.5 Å². The van der Waals surface area contributed by atoms with Crippen LogP contribution in [0.2, 0.25) is 0 Å². The quantitative estimate of drug-likeness (QED) is 0.418. The lowest BCUT2D eigenvalue weighted by molar-refractivity contribution is 0.702. The van der Waals surface area contributed by atoms with Gasteiger partial charge in [-0.1, -0.05) is 18.1 Å². The fourth-order valence-electron chi connectivity index (χ4n) is 1.86. The first-order valence-corrected chi connectivity index (χ1v) is 5.14. The Bertz CT molecular complexity index is 168. The fraction of sp³-hybridized carbons (Fsp3) is 0.800. The molecule has 2 aliphatic carbocycles. The summed E-state index contributed by atoms with van der Waals surface area (Å²) in [5, 5.41) is 0.341. The van der Waals surface area contributed by atoms with Gasteiger partial charge in [0.15, 0.2) is 0 Å². The van der Waals surface area contributed by atoms with Crippen molar-refractivity contribution in [1.29, 1.82) is 0 Å². The normalized spacial score (nSPS) is 32.8. The fourth-order valence-corrected chi connectivity index (χ4v) is 2.18. The van der Waals surface area contributed by atoms with E-state index in [1.54, 1.807) is 5.57 Å². The maximum atomic E-state index is 6.11. The number of alkyl halides is 1. The van der Waals surface area contributed by atoms with Gasteiger partial charge >= 0.3 is 0 Å². The van der Waals surface area contributed by atoms with Gasteiger partial charge in [0, 0.05) is 0 Å². The van der Waals surface area contributed by atoms with Gasteiger partial charge in [0.2, 0.25) is 0 Å². The van der Waals surface area contributed by atoms with E-state index in [0.717, 1.165) is 5.92 Å². The summed E-state index contributed by atoms with van der Waals surface area (Å²) < 4.78 is 0. The van der Waals surface area contributed by atoms with Crippen LogP contribution in [0.15, 0.2) is 11.6 Å². The topological polar surface area (TPSA) is 0 Å². The molecule has 0 aromatic carbocycles. The van der Waals surface area contributed by atoms with Gasteiger partial charge in [-0.3, -0.25) is 0 Å². The molecule has 1 heteroatoms. The molecule has 1 atom stereocenters. The highest BCUT2D eigenvalue weighted by Gasteiger charge is 2.26. The second kappa shape index (κ2) is 3.18. The zero-order valence-corrected chi connectivity index (χ0v) is 7.61. The van der Waals surface area contributed by atoms with E-state index in [4.69, 9.17) is 11.6 Å². The lowest BCUT2D eigenvalue weighted by Crippen LogP contribution is -1.92. The molecule has 2 aliphatic rings. The third-order valence-electron chi connectivity index (χ3n) is 2.69. The summed E-state index contributed by atoms with van der Waals surface area (Å²) in [4.78, 5) is 0. The van der Waals surface area contributed by atoms with E-state index in [-0.39, 0.29) is 0 Å². The molecule has 0 radical (unpaired) electrons. The molecule has 1 unspecified atom stereocenters. The van der Waals surface area contributed by atoms with Crippen molar-refractivity contribution < 1.29 is 0 Å². The Morgan fingerprint density at radius 2 is 2.00 bits per heavy atom. The number of allylic oxidation sites excluding steroid dienone is 2. The van der Waals surface area contributed by atoms with Gasteiger partial charge in [-0.2, -0.15) is 0 Å². The van der Waals surface area contributed by atoms with Gasteiger partial charge in [-0.05, 0) is 38.0 Å². The lowest BCUT2D eigenvalue weighted by atomic mass is 10.1. The molecule has 0 aliphatic heterocycles. The van der Waals surface area contributed by atoms with Crippen LogP contribution in [-0.4, -0.2) is 5.38 Å². The monoisotopic (exact) mass is 170 g/mol. The van der Waals surface area contributed by atoms with Gasteiger partial charge in [0.25, 0.3) is 0 Å². The molecular formula is C10H15Cl. The largest absolute Gasteiger partial charge is 0.118 e. The summed E-state index contributed by atoms with van der Waals surface area (Å²) >= 11 is 6.11. The Balaban J connectivity index is 2.02. The van der Waals surface area contributed by atoms with Crippen molar-refractivity contribution in [3.05, 3.63) is 11.6 Å². The standard InChI is InChI=1S/C10H15Cl/c11-10-4-2-1-3-9(7-10)8-5-6-8/h7-8,10H,1-6H2. The molecule has 1 saturated carbocycles. The van der Waals surface area contributed by atoms with Crippen molar-refractivity contribution in [2.24, 2.45) is 5.92 Å². The number of hydrogen-bond acceptors (Lipinski definition) is 0. The second-order valence-electron chi connectivity index (χ2n) is 3.78. The maximum absolute atomic E-state index is 6.11. The molecule has 2 rings (SSSR count). The predicted octanol–water partition coefficient (Wildman–Crippen LogP) is 3.50. The highest BCUT2D eigenvalue weighted by Crippen LogP contribution is 2.40. The highest BCUT2D eigenvalue weighted by molar-refractivity contribution is 6.21. The third kappa shape index (κ3) is 1.99. The SMILES string of the molecule is ClC1C=C(C2CC2)CCCC1. The molecule has 0 N–H and O–H groups in total. The minimum absolute atomic E-state index is 0.341. The van der Waals surface area contributed by atoms with Gasteiger partial charge in [-0.15, -0.1) is 11.6 Å². The van der Waals surface area contributed by atoms with E-state index >= 15 is 0 Å². The van der Waals surface area contributed by atoms with Crippen LogP contribution < -0.4 is 0 Å². The number of hydrogen-bond donors (Lipinski definition) is 0. The van der Waals surface area contributed by atoms with E-state index in [1.807, 2.05) is 0 Å². The van der Waals surface area contributed by atoms with Crippen LogP contribution >= 0.6 is 11.6 Å².